The van der Waals surface area contributed by atoms with E-state index in [2.05, 4.69) is 48.3 Å². The van der Waals surface area contributed by atoms with Crippen molar-refractivity contribution in [2.75, 3.05) is 39.5 Å². The SMILES string of the molecule is CCCOc1ccccc1C(=O)NC[C@H](c1ccc(C)cc1)N1CCOCC1. The molecule has 1 aliphatic rings. The highest BCUT2D eigenvalue weighted by Gasteiger charge is 2.24. The van der Waals surface area contributed by atoms with Crippen molar-refractivity contribution in [1.82, 2.24) is 10.2 Å². The van der Waals surface area contributed by atoms with Crippen LogP contribution in [0.25, 0.3) is 0 Å². The molecule has 0 spiro atoms. The van der Waals surface area contributed by atoms with Gasteiger partial charge in [0.05, 0.1) is 31.4 Å². The van der Waals surface area contributed by atoms with Crippen molar-refractivity contribution in [3.05, 3.63) is 65.2 Å². The second kappa shape index (κ2) is 10.2. The summed E-state index contributed by atoms with van der Waals surface area (Å²) in [7, 11) is 0. The smallest absolute Gasteiger partial charge is 0.255 e. The second-order valence-corrected chi connectivity index (χ2v) is 7.13. The number of ether oxygens (including phenoxy) is 2. The van der Waals surface area contributed by atoms with Gasteiger partial charge in [-0.3, -0.25) is 9.69 Å². The van der Waals surface area contributed by atoms with Crippen molar-refractivity contribution in [1.29, 1.82) is 0 Å². The van der Waals surface area contributed by atoms with Crippen LogP contribution in [0.5, 0.6) is 5.75 Å². The normalized spacial score (nSPS) is 15.8. The molecule has 1 fully saturated rings. The average molecular weight is 383 g/mol. The largest absolute Gasteiger partial charge is 0.493 e. The maximum atomic E-state index is 12.9. The van der Waals surface area contributed by atoms with E-state index >= 15 is 0 Å². The summed E-state index contributed by atoms with van der Waals surface area (Å²) < 4.78 is 11.2. The zero-order valence-electron chi connectivity index (χ0n) is 16.8. The van der Waals surface area contributed by atoms with Crippen LogP contribution in [-0.2, 0) is 4.74 Å². The van der Waals surface area contributed by atoms with Crippen molar-refractivity contribution in [2.24, 2.45) is 0 Å². The van der Waals surface area contributed by atoms with Crippen LogP contribution in [0.1, 0.15) is 40.9 Å². The summed E-state index contributed by atoms with van der Waals surface area (Å²) in [5, 5.41) is 3.12. The van der Waals surface area contributed by atoms with Crippen LogP contribution in [-0.4, -0.2) is 50.3 Å². The standard InChI is InChI=1S/C23H30N2O3/c1-3-14-28-22-7-5-4-6-20(22)23(26)24-17-21(25-12-15-27-16-13-25)19-10-8-18(2)9-11-19/h4-11,21H,3,12-17H2,1-2H3,(H,24,26)/t21-/m1/s1. The first-order valence-electron chi connectivity index (χ1n) is 10.1. The van der Waals surface area contributed by atoms with E-state index in [9.17, 15) is 4.79 Å². The van der Waals surface area contributed by atoms with E-state index in [4.69, 9.17) is 9.47 Å². The molecule has 2 aromatic rings. The van der Waals surface area contributed by atoms with Gasteiger partial charge in [-0.15, -0.1) is 0 Å². The summed E-state index contributed by atoms with van der Waals surface area (Å²) in [5.41, 5.74) is 3.03. The van der Waals surface area contributed by atoms with Gasteiger partial charge in [-0.2, -0.15) is 0 Å². The van der Waals surface area contributed by atoms with E-state index < -0.39 is 0 Å². The Balaban J connectivity index is 1.72. The minimum absolute atomic E-state index is 0.0999. The maximum Gasteiger partial charge on any atom is 0.255 e. The van der Waals surface area contributed by atoms with Gasteiger partial charge in [0.1, 0.15) is 5.75 Å². The fourth-order valence-corrected chi connectivity index (χ4v) is 3.41. The van der Waals surface area contributed by atoms with Gasteiger partial charge >= 0.3 is 0 Å². The highest BCUT2D eigenvalue weighted by atomic mass is 16.5. The molecule has 5 nitrogen and oxygen atoms in total. The topological polar surface area (TPSA) is 50.8 Å². The van der Waals surface area contributed by atoms with E-state index in [0.29, 0.717) is 24.5 Å². The molecule has 1 amide bonds. The van der Waals surface area contributed by atoms with Gasteiger partial charge in [0, 0.05) is 19.6 Å². The molecule has 5 heteroatoms. The molecule has 2 aromatic carbocycles. The Morgan fingerprint density at radius 1 is 1.14 bits per heavy atom. The number of hydrogen-bond acceptors (Lipinski definition) is 4. The molecular weight excluding hydrogens is 352 g/mol. The van der Waals surface area contributed by atoms with E-state index in [-0.39, 0.29) is 11.9 Å². The van der Waals surface area contributed by atoms with Crippen molar-refractivity contribution in [2.45, 2.75) is 26.3 Å². The van der Waals surface area contributed by atoms with Gasteiger partial charge in [-0.25, -0.2) is 0 Å². The number of carbonyl (C=O) groups is 1. The third kappa shape index (κ3) is 5.33. The van der Waals surface area contributed by atoms with E-state index in [1.165, 1.54) is 11.1 Å². The molecule has 1 saturated heterocycles. The number of nitrogens with one attached hydrogen (secondary N) is 1. The number of hydrogen-bond donors (Lipinski definition) is 1. The Morgan fingerprint density at radius 2 is 1.86 bits per heavy atom. The lowest BCUT2D eigenvalue weighted by Gasteiger charge is -2.35. The minimum atomic E-state index is -0.0999. The maximum absolute atomic E-state index is 12.9. The number of benzene rings is 2. The van der Waals surface area contributed by atoms with Gasteiger partial charge < -0.3 is 14.8 Å². The lowest BCUT2D eigenvalue weighted by Crippen LogP contribution is -2.43. The van der Waals surface area contributed by atoms with Crippen LogP contribution in [0, 0.1) is 6.92 Å². The van der Waals surface area contributed by atoms with Crippen LogP contribution < -0.4 is 10.1 Å². The zero-order valence-corrected chi connectivity index (χ0v) is 16.8. The van der Waals surface area contributed by atoms with Crippen LogP contribution in [0.4, 0.5) is 0 Å². The summed E-state index contributed by atoms with van der Waals surface area (Å²) in [6.45, 7) is 8.47. The third-order valence-electron chi connectivity index (χ3n) is 5.00. The molecule has 0 bridgehead atoms. The van der Waals surface area contributed by atoms with Gasteiger partial charge in [0.25, 0.3) is 5.91 Å². The number of aryl methyl sites for hydroxylation is 1. The van der Waals surface area contributed by atoms with E-state index in [1.54, 1.807) is 0 Å². The first kappa shape index (κ1) is 20.4. The van der Waals surface area contributed by atoms with Crippen molar-refractivity contribution < 1.29 is 14.3 Å². The Hall–Kier alpha value is -2.37. The Labute approximate surface area is 167 Å². The molecule has 1 atom stereocenters. The summed E-state index contributed by atoms with van der Waals surface area (Å²) in [4.78, 5) is 15.2. The molecule has 0 saturated carbocycles. The van der Waals surface area contributed by atoms with Crippen molar-refractivity contribution in [3.63, 3.8) is 0 Å². The van der Waals surface area contributed by atoms with E-state index in [0.717, 1.165) is 32.7 Å². The molecule has 3 rings (SSSR count). The lowest BCUT2D eigenvalue weighted by atomic mass is 10.0. The molecule has 1 N–H and O–H groups in total. The lowest BCUT2D eigenvalue weighted by molar-refractivity contribution is 0.0162. The van der Waals surface area contributed by atoms with Gasteiger partial charge in [0.15, 0.2) is 0 Å². The predicted octanol–water partition coefficient (Wildman–Crippen LogP) is 3.59. The Kier molecular flexibility index (Phi) is 7.46. The fourth-order valence-electron chi connectivity index (χ4n) is 3.41. The van der Waals surface area contributed by atoms with Gasteiger partial charge in [-0.1, -0.05) is 48.9 Å². The number of rotatable bonds is 8. The predicted molar refractivity (Wildman–Crippen MR) is 111 cm³/mol. The Bertz CT molecular complexity index is 755. The first-order chi connectivity index (χ1) is 13.7. The van der Waals surface area contributed by atoms with Crippen LogP contribution in [0.2, 0.25) is 0 Å². The molecule has 28 heavy (non-hydrogen) atoms. The van der Waals surface area contributed by atoms with Crippen LogP contribution in [0.15, 0.2) is 48.5 Å². The highest BCUT2D eigenvalue weighted by Crippen LogP contribution is 2.23. The summed E-state index contributed by atoms with van der Waals surface area (Å²) in [6, 6.07) is 16.1. The summed E-state index contributed by atoms with van der Waals surface area (Å²) in [5.74, 6) is 0.539. The van der Waals surface area contributed by atoms with Gasteiger partial charge in [-0.05, 0) is 31.0 Å². The minimum Gasteiger partial charge on any atom is -0.493 e. The fraction of sp³-hybridized carbons (Fsp3) is 0.435. The molecule has 0 aliphatic carbocycles. The first-order valence-corrected chi connectivity index (χ1v) is 10.1. The van der Waals surface area contributed by atoms with Crippen molar-refractivity contribution >= 4 is 5.91 Å². The van der Waals surface area contributed by atoms with Crippen LogP contribution >= 0.6 is 0 Å². The summed E-state index contributed by atoms with van der Waals surface area (Å²) in [6.07, 6.45) is 0.905. The summed E-state index contributed by atoms with van der Waals surface area (Å²) >= 11 is 0. The highest BCUT2D eigenvalue weighted by molar-refractivity contribution is 5.96. The molecule has 150 valence electrons. The monoisotopic (exact) mass is 382 g/mol. The van der Waals surface area contributed by atoms with Crippen molar-refractivity contribution in [3.8, 4) is 5.75 Å². The molecule has 0 aromatic heterocycles. The molecule has 1 heterocycles. The number of amides is 1. The number of carbonyl (C=O) groups excluding carboxylic acids is 1. The molecular formula is C23H30N2O3. The van der Waals surface area contributed by atoms with Crippen LogP contribution in [0.3, 0.4) is 0 Å². The molecule has 1 aliphatic heterocycles. The van der Waals surface area contributed by atoms with Gasteiger partial charge in [0.2, 0.25) is 0 Å². The number of nitrogens with zero attached hydrogens (tertiary/aromatic N) is 1. The second-order valence-electron chi connectivity index (χ2n) is 7.13. The average Bonchev–Trinajstić information content (AvgIpc) is 2.74. The number of morpholine rings is 1. The van der Waals surface area contributed by atoms with E-state index in [1.807, 2.05) is 24.3 Å². The quantitative estimate of drug-likeness (QED) is 0.758. The number of para-hydroxylation sites is 1. The zero-order chi connectivity index (χ0) is 19.8. The third-order valence-corrected chi connectivity index (χ3v) is 5.00. The molecule has 0 radical (unpaired) electrons. The molecule has 0 unspecified atom stereocenters. The Morgan fingerprint density at radius 3 is 2.57 bits per heavy atom.